The normalized spacial score (nSPS) is 11.9. The van der Waals surface area contributed by atoms with Crippen LogP contribution < -0.4 is 24.8 Å². The van der Waals surface area contributed by atoms with Crippen LogP contribution in [0.15, 0.2) is 48.7 Å². The molecule has 0 atom stereocenters. The summed E-state index contributed by atoms with van der Waals surface area (Å²) >= 11 is 0. The molecule has 0 unspecified atom stereocenters. The molecule has 0 aliphatic carbocycles. The molecule has 7 nitrogen and oxygen atoms in total. The van der Waals surface area contributed by atoms with Gasteiger partial charge in [-0.05, 0) is 43.3 Å². The zero-order valence-corrected chi connectivity index (χ0v) is 14.4. The number of para-hydroxylation sites is 1. The van der Waals surface area contributed by atoms with Crippen LogP contribution in [0.3, 0.4) is 0 Å². The molecule has 2 aromatic carbocycles. The molecule has 132 valence electrons. The Morgan fingerprint density at radius 3 is 2.69 bits per heavy atom. The van der Waals surface area contributed by atoms with Crippen LogP contribution in [0.4, 0.5) is 23.1 Å². The van der Waals surface area contributed by atoms with Gasteiger partial charge in [0.25, 0.3) is 0 Å². The maximum Gasteiger partial charge on any atom is 0.231 e. The van der Waals surface area contributed by atoms with Gasteiger partial charge in [0.05, 0.1) is 12.8 Å². The Hall–Kier alpha value is -3.48. The van der Waals surface area contributed by atoms with Gasteiger partial charge in [0, 0.05) is 17.4 Å². The Kier molecular flexibility index (Phi) is 4.18. The Balaban J connectivity index is 1.57. The standard InChI is InChI=1S/C19H18N4O3/c1-12-10-20-19(21-13-6-8-14(24-2)9-7-13)23-18(12)22-15-4-3-5-16-17(15)26-11-25-16/h3-10H,11H2,1-2H3,(H2,20,21,22,23). The second kappa shape index (κ2) is 6.79. The molecule has 0 bridgehead atoms. The highest BCUT2D eigenvalue weighted by Gasteiger charge is 2.18. The summed E-state index contributed by atoms with van der Waals surface area (Å²) in [5, 5.41) is 6.49. The third-order valence-electron chi connectivity index (χ3n) is 3.97. The summed E-state index contributed by atoms with van der Waals surface area (Å²) in [6.45, 7) is 2.17. The number of rotatable bonds is 5. The SMILES string of the molecule is COc1ccc(Nc2ncc(C)c(Nc3cccc4c3OCO4)n2)cc1. The summed E-state index contributed by atoms with van der Waals surface area (Å²) in [6.07, 6.45) is 1.77. The number of ether oxygens (including phenoxy) is 3. The number of hydrogen-bond donors (Lipinski definition) is 2. The van der Waals surface area contributed by atoms with E-state index in [0.717, 1.165) is 28.4 Å². The van der Waals surface area contributed by atoms with Crippen LogP contribution in [-0.2, 0) is 0 Å². The molecule has 0 radical (unpaired) electrons. The topological polar surface area (TPSA) is 77.5 Å². The number of fused-ring (bicyclic) bond motifs is 1. The zero-order chi connectivity index (χ0) is 17.9. The number of anilines is 4. The summed E-state index contributed by atoms with van der Waals surface area (Å²) in [5.74, 6) is 3.39. The lowest BCUT2D eigenvalue weighted by Crippen LogP contribution is -2.03. The van der Waals surface area contributed by atoms with E-state index in [9.17, 15) is 0 Å². The Morgan fingerprint density at radius 1 is 1.04 bits per heavy atom. The van der Waals surface area contributed by atoms with Crippen molar-refractivity contribution in [1.29, 1.82) is 0 Å². The van der Waals surface area contributed by atoms with Crippen LogP contribution in [0.25, 0.3) is 0 Å². The van der Waals surface area contributed by atoms with Gasteiger partial charge in [-0.2, -0.15) is 4.98 Å². The molecular formula is C19H18N4O3. The van der Waals surface area contributed by atoms with E-state index >= 15 is 0 Å². The van der Waals surface area contributed by atoms with Gasteiger partial charge >= 0.3 is 0 Å². The average molecular weight is 350 g/mol. The van der Waals surface area contributed by atoms with Crippen molar-refractivity contribution in [3.63, 3.8) is 0 Å². The molecule has 0 amide bonds. The van der Waals surface area contributed by atoms with Crippen molar-refractivity contribution in [1.82, 2.24) is 9.97 Å². The van der Waals surface area contributed by atoms with Crippen LogP contribution in [0, 0.1) is 6.92 Å². The number of aryl methyl sites for hydroxylation is 1. The summed E-state index contributed by atoms with van der Waals surface area (Å²) < 4.78 is 16.1. The van der Waals surface area contributed by atoms with Gasteiger partial charge in [0.2, 0.25) is 12.7 Å². The number of methoxy groups -OCH3 is 1. The number of benzene rings is 2. The first-order chi connectivity index (χ1) is 12.7. The fraction of sp³-hybridized carbons (Fsp3) is 0.158. The highest BCUT2D eigenvalue weighted by atomic mass is 16.7. The highest BCUT2D eigenvalue weighted by molar-refractivity contribution is 5.71. The first kappa shape index (κ1) is 16.0. The first-order valence-corrected chi connectivity index (χ1v) is 8.13. The molecule has 0 saturated heterocycles. The molecule has 0 saturated carbocycles. The molecule has 7 heteroatoms. The largest absolute Gasteiger partial charge is 0.497 e. The predicted octanol–water partition coefficient (Wildman–Crippen LogP) is 4.01. The van der Waals surface area contributed by atoms with Crippen molar-refractivity contribution in [3.8, 4) is 17.2 Å². The summed E-state index contributed by atoms with van der Waals surface area (Å²) in [7, 11) is 1.64. The smallest absolute Gasteiger partial charge is 0.231 e. The Labute approximate surface area is 151 Å². The van der Waals surface area contributed by atoms with Gasteiger partial charge in [-0.25, -0.2) is 4.98 Å². The van der Waals surface area contributed by atoms with Crippen molar-refractivity contribution < 1.29 is 14.2 Å². The molecule has 3 aromatic rings. The van der Waals surface area contributed by atoms with Crippen LogP contribution in [0.5, 0.6) is 17.2 Å². The van der Waals surface area contributed by atoms with E-state index in [4.69, 9.17) is 14.2 Å². The van der Waals surface area contributed by atoms with E-state index in [2.05, 4.69) is 20.6 Å². The second-order valence-electron chi connectivity index (χ2n) is 5.74. The molecule has 0 spiro atoms. The third kappa shape index (κ3) is 3.19. The van der Waals surface area contributed by atoms with Crippen molar-refractivity contribution in [2.24, 2.45) is 0 Å². The van der Waals surface area contributed by atoms with Gasteiger partial charge < -0.3 is 24.8 Å². The lowest BCUT2D eigenvalue weighted by atomic mass is 10.2. The molecule has 1 aromatic heterocycles. The number of nitrogens with zero attached hydrogens (tertiary/aromatic N) is 2. The van der Waals surface area contributed by atoms with Gasteiger partial charge in [-0.3, -0.25) is 0 Å². The van der Waals surface area contributed by atoms with Crippen LogP contribution in [0.2, 0.25) is 0 Å². The van der Waals surface area contributed by atoms with E-state index in [1.54, 1.807) is 13.3 Å². The van der Waals surface area contributed by atoms with Gasteiger partial charge in [-0.15, -0.1) is 0 Å². The summed E-state index contributed by atoms with van der Waals surface area (Å²) in [6, 6.07) is 13.3. The van der Waals surface area contributed by atoms with E-state index in [-0.39, 0.29) is 6.79 Å². The minimum atomic E-state index is 0.223. The van der Waals surface area contributed by atoms with Crippen LogP contribution in [-0.4, -0.2) is 23.9 Å². The number of aromatic nitrogens is 2. The molecule has 26 heavy (non-hydrogen) atoms. The van der Waals surface area contributed by atoms with Crippen molar-refractivity contribution in [2.45, 2.75) is 6.92 Å². The van der Waals surface area contributed by atoms with Crippen LogP contribution in [0.1, 0.15) is 5.56 Å². The predicted molar refractivity (Wildman–Crippen MR) is 98.9 cm³/mol. The van der Waals surface area contributed by atoms with Crippen molar-refractivity contribution in [3.05, 3.63) is 54.2 Å². The summed E-state index contributed by atoms with van der Waals surface area (Å²) in [4.78, 5) is 8.91. The quantitative estimate of drug-likeness (QED) is 0.720. The molecule has 1 aliphatic rings. The second-order valence-corrected chi connectivity index (χ2v) is 5.74. The average Bonchev–Trinajstić information content (AvgIpc) is 3.15. The lowest BCUT2D eigenvalue weighted by Gasteiger charge is -2.12. The maximum atomic E-state index is 5.53. The van der Waals surface area contributed by atoms with E-state index in [1.807, 2.05) is 49.4 Å². The van der Waals surface area contributed by atoms with Crippen LogP contribution >= 0.6 is 0 Å². The monoisotopic (exact) mass is 350 g/mol. The molecule has 4 rings (SSSR count). The highest BCUT2D eigenvalue weighted by Crippen LogP contribution is 2.40. The van der Waals surface area contributed by atoms with E-state index in [0.29, 0.717) is 17.5 Å². The minimum absolute atomic E-state index is 0.223. The summed E-state index contributed by atoms with van der Waals surface area (Å²) in [5.41, 5.74) is 2.59. The zero-order valence-electron chi connectivity index (χ0n) is 14.4. The molecule has 1 aliphatic heterocycles. The van der Waals surface area contributed by atoms with E-state index in [1.165, 1.54) is 0 Å². The van der Waals surface area contributed by atoms with Gasteiger partial charge in [-0.1, -0.05) is 6.07 Å². The fourth-order valence-electron chi connectivity index (χ4n) is 2.59. The van der Waals surface area contributed by atoms with Gasteiger partial charge in [0.1, 0.15) is 11.6 Å². The minimum Gasteiger partial charge on any atom is -0.497 e. The van der Waals surface area contributed by atoms with Crippen molar-refractivity contribution in [2.75, 3.05) is 24.5 Å². The first-order valence-electron chi connectivity index (χ1n) is 8.13. The molecule has 2 heterocycles. The Morgan fingerprint density at radius 2 is 1.88 bits per heavy atom. The van der Waals surface area contributed by atoms with Gasteiger partial charge in [0.15, 0.2) is 11.5 Å². The lowest BCUT2D eigenvalue weighted by molar-refractivity contribution is 0.174. The van der Waals surface area contributed by atoms with Crippen molar-refractivity contribution >= 4 is 23.1 Å². The molecule has 0 fully saturated rings. The fourth-order valence-corrected chi connectivity index (χ4v) is 2.59. The number of hydrogen-bond acceptors (Lipinski definition) is 7. The maximum absolute atomic E-state index is 5.53. The molecular weight excluding hydrogens is 332 g/mol. The number of nitrogens with one attached hydrogen (secondary N) is 2. The third-order valence-corrected chi connectivity index (χ3v) is 3.97. The Bertz CT molecular complexity index is 929. The molecule has 2 N–H and O–H groups in total. The van der Waals surface area contributed by atoms with E-state index < -0.39 is 0 Å².